The van der Waals surface area contributed by atoms with Crippen molar-refractivity contribution >= 4 is 12.0 Å². The second-order valence-corrected chi connectivity index (χ2v) is 3.62. The molecule has 0 amide bonds. The van der Waals surface area contributed by atoms with E-state index in [0.29, 0.717) is 24.7 Å². The lowest BCUT2D eigenvalue weighted by Crippen LogP contribution is -2.07. The van der Waals surface area contributed by atoms with Gasteiger partial charge in [0.1, 0.15) is 18.5 Å². The molecule has 0 bridgehead atoms. The van der Waals surface area contributed by atoms with Crippen LogP contribution in [0.1, 0.15) is 11.6 Å². The van der Waals surface area contributed by atoms with Crippen LogP contribution in [-0.4, -0.2) is 27.2 Å². The lowest BCUT2D eigenvalue weighted by atomic mass is 10.5. The van der Waals surface area contributed by atoms with Crippen LogP contribution in [0.25, 0.3) is 0 Å². The van der Waals surface area contributed by atoms with Gasteiger partial charge in [-0.15, -0.1) is 0 Å². The molecule has 0 unspecified atom stereocenters. The van der Waals surface area contributed by atoms with Gasteiger partial charge in [-0.05, 0) is 17.1 Å². The number of rotatable bonds is 5. The number of hydrogen-bond donors (Lipinski definition) is 0. The molecule has 94 valence electrons. The Morgan fingerprint density at radius 2 is 2.50 bits per heavy atom. The minimum Gasteiger partial charge on any atom is -0.463 e. The van der Waals surface area contributed by atoms with Crippen molar-refractivity contribution in [2.75, 3.05) is 6.54 Å². The monoisotopic (exact) mass is 248 g/mol. The molecule has 0 radical (unpaired) electrons. The van der Waals surface area contributed by atoms with Crippen molar-refractivity contribution in [2.24, 2.45) is 4.99 Å². The first-order chi connectivity index (χ1) is 8.68. The van der Waals surface area contributed by atoms with E-state index in [9.17, 15) is 10.1 Å². The maximum absolute atomic E-state index is 10.7. The topological polar surface area (TPSA) is 86.5 Å². The zero-order valence-corrected chi connectivity index (χ0v) is 9.81. The molecule has 0 spiro atoms. The van der Waals surface area contributed by atoms with Gasteiger partial charge >= 0.3 is 5.82 Å². The summed E-state index contributed by atoms with van der Waals surface area (Å²) in [6.07, 6.45) is 4.41. The average Bonchev–Trinajstić information content (AvgIpc) is 2.94. The molecular formula is C11H12N4O3. The number of aryl methyl sites for hydroxylation is 1. The number of furan rings is 1. The average molecular weight is 248 g/mol. The molecule has 2 heterocycles. The van der Waals surface area contributed by atoms with Crippen molar-refractivity contribution in [1.82, 2.24) is 9.55 Å². The molecule has 2 aromatic heterocycles. The number of aliphatic imine (C=N–C) groups is 1. The highest BCUT2D eigenvalue weighted by Gasteiger charge is 2.16. The molecule has 0 atom stereocenters. The fourth-order valence-corrected chi connectivity index (χ4v) is 1.56. The van der Waals surface area contributed by atoms with Crippen molar-refractivity contribution in [3.8, 4) is 0 Å². The highest BCUT2D eigenvalue weighted by atomic mass is 16.6. The van der Waals surface area contributed by atoms with E-state index in [0.717, 1.165) is 0 Å². The van der Waals surface area contributed by atoms with E-state index in [-0.39, 0.29) is 5.82 Å². The maximum atomic E-state index is 10.7. The van der Waals surface area contributed by atoms with E-state index >= 15 is 0 Å². The summed E-state index contributed by atoms with van der Waals surface area (Å²) in [7, 11) is 0. The lowest BCUT2D eigenvalue weighted by Gasteiger charge is -1.99. The predicted molar refractivity (Wildman–Crippen MR) is 64.8 cm³/mol. The second-order valence-electron chi connectivity index (χ2n) is 3.62. The SMILES string of the molecule is Cc1ncc([N+](=O)[O-])n1CCN=Cc1ccco1. The number of aromatic nitrogens is 2. The molecule has 7 nitrogen and oxygen atoms in total. The van der Waals surface area contributed by atoms with Crippen molar-refractivity contribution in [2.45, 2.75) is 13.5 Å². The minimum absolute atomic E-state index is 0.0132. The van der Waals surface area contributed by atoms with E-state index in [1.165, 1.54) is 10.8 Å². The Morgan fingerprint density at radius 3 is 3.17 bits per heavy atom. The first-order valence-electron chi connectivity index (χ1n) is 5.38. The number of nitrogens with zero attached hydrogens (tertiary/aromatic N) is 4. The van der Waals surface area contributed by atoms with Gasteiger partial charge in [0, 0.05) is 6.92 Å². The van der Waals surface area contributed by atoms with Gasteiger partial charge in [-0.2, -0.15) is 0 Å². The zero-order chi connectivity index (χ0) is 13.0. The van der Waals surface area contributed by atoms with E-state index < -0.39 is 4.92 Å². The molecule has 0 fully saturated rings. The van der Waals surface area contributed by atoms with Gasteiger partial charge in [-0.3, -0.25) is 4.99 Å². The fraction of sp³-hybridized carbons (Fsp3) is 0.273. The van der Waals surface area contributed by atoms with E-state index in [1.54, 1.807) is 31.5 Å². The molecule has 0 aliphatic rings. The molecule has 0 saturated carbocycles. The van der Waals surface area contributed by atoms with Crippen LogP contribution in [0.3, 0.4) is 0 Å². The molecule has 0 N–H and O–H groups in total. The molecular weight excluding hydrogens is 236 g/mol. The van der Waals surface area contributed by atoms with Gasteiger partial charge in [-0.25, -0.2) is 9.55 Å². The van der Waals surface area contributed by atoms with E-state index in [4.69, 9.17) is 4.42 Å². The van der Waals surface area contributed by atoms with Crippen molar-refractivity contribution in [3.63, 3.8) is 0 Å². The Morgan fingerprint density at radius 1 is 1.67 bits per heavy atom. The van der Waals surface area contributed by atoms with Crippen LogP contribution in [-0.2, 0) is 6.54 Å². The third-order valence-corrected chi connectivity index (χ3v) is 2.44. The van der Waals surface area contributed by atoms with Crippen molar-refractivity contribution < 1.29 is 9.34 Å². The summed E-state index contributed by atoms with van der Waals surface area (Å²) < 4.78 is 6.61. The van der Waals surface area contributed by atoms with Gasteiger partial charge in [-0.1, -0.05) is 0 Å². The predicted octanol–water partition coefficient (Wildman–Crippen LogP) is 1.81. The van der Waals surface area contributed by atoms with Crippen molar-refractivity contribution in [3.05, 3.63) is 46.3 Å². The van der Waals surface area contributed by atoms with Crippen molar-refractivity contribution in [1.29, 1.82) is 0 Å². The standard InChI is InChI=1S/C11H12N4O3/c1-9-13-8-11(15(16)17)14(9)5-4-12-7-10-3-2-6-18-10/h2-3,6-8H,4-5H2,1H3. The minimum atomic E-state index is -0.448. The van der Waals surface area contributed by atoms with Gasteiger partial charge in [0.25, 0.3) is 0 Å². The summed E-state index contributed by atoms with van der Waals surface area (Å²) in [5, 5.41) is 10.7. The maximum Gasteiger partial charge on any atom is 0.342 e. The Kier molecular flexibility index (Phi) is 3.52. The largest absolute Gasteiger partial charge is 0.463 e. The summed E-state index contributed by atoms with van der Waals surface area (Å²) in [5.74, 6) is 1.25. The Bertz CT molecular complexity index is 557. The molecule has 0 aliphatic heterocycles. The van der Waals surface area contributed by atoms with Gasteiger partial charge in [0.15, 0.2) is 5.82 Å². The van der Waals surface area contributed by atoms with Gasteiger partial charge < -0.3 is 14.5 Å². The number of imidazole rings is 1. The highest BCUT2D eigenvalue weighted by molar-refractivity contribution is 5.75. The molecule has 2 rings (SSSR count). The number of hydrogen-bond acceptors (Lipinski definition) is 5. The quantitative estimate of drug-likeness (QED) is 0.458. The Balaban J connectivity index is 1.98. The summed E-state index contributed by atoms with van der Waals surface area (Å²) >= 11 is 0. The Hall–Kier alpha value is -2.44. The lowest BCUT2D eigenvalue weighted by molar-refractivity contribution is -0.392. The first-order valence-corrected chi connectivity index (χ1v) is 5.38. The van der Waals surface area contributed by atoms with Crippen LogP contribution in [0.5, 0.6) is 0 Å². The van der Waals surface area contributed by atoms with Crippen LogP contribution in [0.2, 0.25) is 0 Å². The third-order valence-electron chi connectivity index (χ3n) is 2.44. The molecule has 0 aliphatic carbocycles. The number of nitro groups is 1. The molecule has 18 heavy (non-hydrogen) atoms. The molecule has 0 aromatic carbocycles. The molecule has 2 aromatic rings. The summed E-state index contributed by atoms with van der Waals surface area (Å²) in [5.41, 5.74) is 0. The van der Waals surface area contributed by atoms with Crippen LogP contribution < -0.4 is 0 Å². The van der Waals surface area contributed by atoms with Crippen LogP contribution in [0, 0.1) is 17.0 Å². The third kappa shape index (κ3) is 2.62. The Labute approximate surface area is 103 Å². The van der Waals surface area contributed by atoms with E-state index in [1.807, 2.05) is 0 Å². The fourth-order valence-electron chi connectivity index (χ4n) is 1.56. The van der Waals surface area contributed by atoms with Crippen LogP contribution in [0.15, 0.2) is 34.0 Å². The molecule has 7 heteroatoms. The summed E-state index contributed by atoms with van der Waals surface area (Å²) in [6.45, 7) is 2.57. The summed E-state index contributed by atoms with van der Waals surface area (Å²) in [4.78, 5) is 18.4. The molecule has 0 saturated heterocycles. The smallest absolute Gasteiger partial charge is 0.342 e. The normalized spacial score (nSPS) is 11.2. The summed E-state index contributed by atoms with van der Waals surface area (Å²) in [6, 6.07) is 3.56. The first kappa shape index (κ1) is 12.0. The van der Waals surface area contributed by atoms with Crippen LogP contribution >= 0.6 is 0 Å². The zero-order valence-electron chi connectivity index (χ0n) is 9.81. The second kappa shape index (κ2) is 5.26. The van der Waals surface area contributed by atoms with E-state index in [2.05, 4.69) is 9.98 Å². The van der Waals surface area contributed by atoms with Gasteiger partial charge in [0.2, 0.25) is 0 Å². The highest BCUT2D eigenvalue weighted by Crippen LogP contribution is 2.12. The van der Waals surface area contributed by atoms with Gasteiger partial charge in [0.05, 0.1) is 19.0 Å². The van der Waals surface area contributed by atoms with Crippen LogP contribution in [0.4, 0.5) is 5.82 Å².